The molecule has 2 aromatic heterocycles. The first-order valence-electron chi connectivity index (χ1n) is 8.23. The minimum absolute atomic E-state index is 0.0785. The monoisotopic (exact) mass is 405 g/mol. The molecule has 150 valence electrons. The summed E-state index contributed by atoms with van der Waals surface area (Å²) in [6.45, 7) is 0. The van der Waals surface area contributed by atoms with Crippen LogP contribution < -0.4 is 16.0 Å². The van der Waals surface area contributed by atoms with Gasteiger partial charge in [0, 0.05) is 31.1 Å². The number of nitrogens with zero attached hydrogens (tertiary/aromatic N) is 3. The highest BCUT2D eigenvalue weighted by Crippen LogP contribution is 2.32. The fourth-order valence-electron chi connectivity index (χ4n) is 2.59. The van der Waals surface area contributed by atoms with Crippen LogP contribution in [-0.2, 0) is 6.18 Å². The lowest BCUT2D eigenvalue weighted by Crippen LogP contribution is -2.19. The molecule has 0 saturated carbocycles. The summed E-state index contributed by atoms with van der Waals surface area (Å²) in [6, 6.07) is 7.08. The average Bonchev–Trinajstić information content (AvgIpc) is 2.67. The number of hydrogen-bond acceptors (Lipinski definition) is 5. The Morgan fingerprint density at radius 1 is 1.10 bits per heavy atom. The summed E-state index contributed by atoms with van der Waals surface area (Å²) in [4.78, 5) is 21.1. The maximum atomic E-state index is 13.5. The van der Waals surface area contributed by atoms with Crippen molar-refractivity contribution in [1.29, 1.82) is 0 Å². The van der Waals surface area contributed by atoms with E-state index in [9.17, 15) is 22.4 Å². The van der Waals surface area contributed by atoms with E-state index in [4.69, 9.17) is 5.73 Å². The topological polar surface area (TPSA) is 84.1 Å². The molecule has 0 atom stereocenters. The average molecular weight is 405 g/mol. The Hall–Kier alpha value is -3.69. The predicted octanol–water partition coefficient (Wildman–Crippen LogP) is 4.24. The van der Waals surface area contributed by atoms with Gasteiger partial charge in [-0.05, 0) is 24.3 Å². The number of nitrogens with one attached hydrogen (secondary N) is 1. The van der Waals surface area contributed by atoms with Crippen molar-refractivity contribution in [3.8, 4) is 0 Å². The first-order valence-corrected chi connectivity index (χ1v) is 8.23. The van der Waals surface area contributed by atoms with Crippen LogP contribution in [0, 0.1) is 5.82 Å². The number of halogens is 4. The minimum atomic E-state index is -4.44. The van der Waals surface area contributed by atoms with E-state index in [1.54, 1.807) is 7.05 Å². The lowest BCUT2D eigenvalue weighted by atomic mass is 10.1. The number of primary amides is 1. The first-order chi connectivity index (χ1) is 13.6. The van der Waals surface area contributed by atoms with Gasteiger partial charge in [0.25, 0.3) is 5.91 Å². The minimum Gasteiger partial charge on any atom is -0.365 e. The Balaban J connectivity index is 1.93. The maximum absolute atomic E-state index is 13.5. The fourth-order valence-corrected chi connectivity index (χ4v) is 2.59. The van der Waals surface area contributed by atoms with Gasteiger partial charge in [-0.1, -0.05) is 0 Å². The van der Waals surface area contributed by atoms with Crippen molar-refractivity contribution < 1.29 is 22.4 Å². The summed E-state index contributed by atoms with van der Waals surface area (Å²) in [5.41, 5.74) is 5.73. The number of alkyl halides is 3. The number of anilines is 4. The van der Waals surface area contributed by atoms with Gasteiger partial charge in [0.2, 0.25) is 0 Å². The Labute approximate surface area is 163 Å². The fraction of sp³-hybridized carbons (Fsp3) is 0.105. The highest BCUT2D eigenvalue weighted by atomic mass is 19.4. The van der Waals surface area contributed by atoms with E-state index in [0.717, 1.165) is 18.3 Å². The van der Waals surface area contributed by atoms with Gasteiger partial charge in [-0.25, -0.2) is 9.37 Å². The predicted molar refractivity (Wildman–Crippen MR) is 99.7 cm³/mol. The molecule has 0 spiro atoms. The van der Waals surface area contributed by atoms with Crippen molar-refractivity contribution in [2.45, 2.75) is 6.18 Å². The highest BCUT2D eigenvalue weighted by molar-refractivity contribution is 5.99. The van der Waals surface area contributed by atoms with Crippen LogP contribution in [0.2, 0.25) is 0 Å². The van der Waals surface area contributed by atoms with E-state index in [0.29, 0.717) is 17.1 Å². The standard InChI is InChI=1S/C19H15F4N5O/c1-28(14-6-12(20)8-25-9-14)16-7-17(26-10-15(16)18(24)29)27-13-4-2-11(3-5-13)19(21,22)23/h2-10H,1H3,(H2,24,29)(H,26,27). The molecule has 1 amide bonds. The number of amides is 1. The van der Waals surface area contributed by atoms with Crippen molar-refractivity contribution >= 4 is 28.8 Å². The Bertz CT molecular complexity index is 1040. The molecule has 0 bridgehead atoms. The molecule has 6 nitrogen and oxygen atoms in total. The molecule has 0 saturated heterocycles. The van der Waals surface area contributed by atoms with Crippen molar-refractivity contribution in [3.63, 3.8) is 0 Å². The molecule has 0 aliphatic rings. The molecule has 3 rings (SSSR count). The molecule has 3 N–H and O–H groups in total. The van der Waals surface area contributed by atoms with E-state index in [2.05, 4.69) is 15.3 Å². The molecular formula is C19H15F4N5O. The van der Waals surface area contributed by atoms with Crippen molar-refractivity contribution in [3.05, 3.63) is 71.9 Å². The zero-order valence-corrected chi connectivity index (χ0v) is 15.0. The second kappa shape index (κ2) is 7.74. The van der Waals surface area contributed by atoms with Crippen LogP contribution >= 0.6 is 0 Å². The van der Waals surface area contributed by atoms with Crippen molar-refractivity contribution in [2.75, 3.05) is 17.3 Å². The highest BCUT2D eigenvalue weighted by Gasteiger charge is 2.30. The van der Waals surface area contributed by atoms with E-state index >= 15 is 0 Å². The SMILES string of the molecule is CN(c1cncc(F)c1)c1cc(Nc2ccc(C(F)(F)F)cc2)ncc1C(N)=O. The van der Waals surface area contributed by atoms with Crippen molar-refractivity contribution in [1.82, 2.24) is 9.97 Å². The Kier molecular flexibility index (Phi) is 5.35. The number of benzene rings is 1. The van der Waals surface area contributed by atoms with Gasteiger partial charge in [-0.15, -0.1) is 0 Å². The van der Waals surface area contributed by atoms with Crippen LogP contribution in [0.1, 0.15) is 15.9 Å². The summed E-state index contributed by atoms with van der Waals surface area (Å²) in [7, 11) is 1.58. The van der Waals surface area contributed by atoms with Crippen LogP contribution in [0.25, 0.3) is 0 Å². The molecule has 0 aliphatic heterocycles. The van der Waals surface area contributed by atoms with Gasteiger partial charge in [0.15, 0.2) is 0 Å². The molecule has 10 heteroatoms. The van der Waals surface area contributed by atoms with Gasteiger partial charge < -0.3 is 16.0 Å². The van der Waals surface area contributed by atoms with Crippen LogP contribution in [0.5, 0.6) is 0 Å². The summed E-state index contributed by atoms with van der Waals surface area (Å²) < 4.78 is 51.6. The molecule has 29 heavy (non-hydrogen) atoms. The molecule has 3 aromatic rings. The summed E-state index contributed by atoms with van der Waals surface area (Å²) in [5.74, 6) is -1.06. The third-order valence-corrected chi connectivity index (χ3v) is 4.07. The van der Waals surface area contributed by atoms with Crippen LogP contribution in [0.4, 0.5) is 40.4 Å². The number of pyridine rings is 2. The summed E-state index contributed by atoms with van der Waals surface area (Å²) in [6.07, 6.45) is -0.768. The van der Waals surface area contributed by atoms with E-state index in [1.165, 1.54) is 41.6 Å². The normalized spacial score (nSPS) is 11.2. The van der Waals surface area contributed by atoms with Gasteiger partial charge >= 0.3 is 6.18 Å². The lowest BCUT2D eigenvalue weighted by Gasteiger charge is -2.22. The largest absolute Gasteiger partial charge is 0.416 e. The van der Waals surface area contributed by atoms with Gasteiger partial charge in [-0.2, -0.15) is 13.2 Å². The quantitative estimate of drug-likeness (QED) is 0.620. The smallest absolute Gasteiger partial charge is 0.365 e. The Morgan fingerprint density at radius 3 is 2.38 bits per heavy atom. The lowest BCUT2D eigenvalue weighted by molar-refractivity contribution is -0.137. The molecule has 0 fully saturated rings. The molecule has 0 aliphatic carbocycles. The summed E-state index contributed by atoms with van der Waals surface area (Å²) >= 11 is 0. The van der Waals surface area contributed by atoms with Gasteiger partial charge in [0.05, 0.1) is 34.9 Å². The molecular weight excluding hydrogens is 390 g/mol. The van der Waals surface area contributed by atoms with Crippen LogP contribution in [0.15, 0.2) is 55.0 Å². The van der Waals surface area contributed by atoms with Gasteiger partial charge in [-0.3, -0.25) is 9.78 Å². The van der Waals surface area contributed by atoms with Crippen molar-refractivity contribution in [2.24, 2.45) is 5.73 Å². The summed E-state index contributed by atoms with van der Waals surface area (Å²) in [5, 5.41) is 2.86. The zero-order valence-electron chi connectivity index (χ0n) is 15.0. The number of rotatable bonds is 5. The number of carbonyl (C=O) groups excluding carboxylic acids is 1. The number of carbonyl (C=O) groups is 1. The number of aromatic nitrogens is 2. The zero-order chi connectivity index (χ0) is 21.2. The maximum Gasteiger partial charge on any atom is 0.416 e. The van der Waals surface area contributed by atoms with Gasteiger partial charge in [0.1, 0.15) is 11.6 Å². The third-order valence-electron chi connectivity index (χ3n) is 4.07. The first kappa shape index (κ1) is 20.1. The molecule has 1 aromatic carbocycles. The molecule has 0 radical (unpaired) electrons. The van der Waals surface area contributed by atoms with E-state index in [-0.39, 0.29) is 11.4 Å². The number of hydrogen-bond donors (Lipinski definition) is 2. The second-order valence-corrected chi connectivity index (χ2v) is 6.07. The second-order valence-electron chi connectivity index (χ2n) is 6.07. The molecule has 2 heterocycles. The van der Waals surface area contributed by atoms with E-state index < -0.39 is 23.5 Å². The van der Waals surface area contributed by atoms with Crippen LogP contribution in [0.3, 0.4) is 0 Å². The van der Waals surface area contributed by atoms with E-state index in [1.807, 2.05) is 0 Å². The number of nitrogens with two attached hydrogens (primary N) is 1. The molecule has 0 unspecified atom stereocenters. The Morgan fingerprint density at radius 2 is 1.79 bits per heavy atom. The van der Waals surface area contributed by atoms with Crippen LogP contribution in [-0.4, -0.2) is 22.9 Å². The third kappa shape index (κ3) is 4.60.